The first kappa shape index (κ1) is 31.4. The second kappa shape index (κ2) is 16.9. The molecule has 2 rings (SSSR count). The van der Waals surface area contributed by atoms with E-state index in [1.807, 2.05) is 0 Å². The van der Waals surface area contributed by atoms with Crippen molar-refractivity contribution in [1.82, 2.24) is 10.2 Å². The third kappa shape index (κ3) is 10.5. The van der Waals surface area contributed by atoms with Crippen LogP contribution in [0.15, 0.2) is 4.42 Å². The molecule has 0 N–H and O–H groups in total. The van der Waals surface area contributed by atoms with E-state index in [9.17, 15) is 0 Å². The summed E-state index contributed by atoms with van der Waals surface area (Å²) in [7, 11) is 0. The van der Waals surface area contributed by atoms with Crippen molar-refractivity contribution in [3.63, 3.8) is 0 Å². The molecule has 1 aromatic heterocycles. The van der Waals surface area contributed by atoms with Gasteiger partial charge in [0, 0.05) is 11.3 Å². The molecule has 3 nitrogen and oxygen atoms in total. The summed E-state index contributed by atoms with van der Waals surface area (Å²) in [4.78, 5) is 0. The van der Waals surface area contributed by atoms with Crippen LogP contribution in [0, 0.1) is 11.3 Å². The summed E-state index contributed by atoms with van der Waals surface area (Å²) in [6.07, 6.45) is 27.9. The van der Waals surface area contributed by atoms with Gasteiger partial charge in [-0.2, -0.15) is 0 Å². The van der Waals surface area contributed by atoms with Gasteiger partial charge in [-0.3, -0.25) is 0 Å². The Hall–Kier alpha value is -0.860. The quantitative estimate of drug-likeness (QED) is 0.237. The summed E-state index contributed by atoms with van der Waals surface area (Å²) in [5.74, 6) is 3.05. The first-order valence-electron chi connectivity index (χ1n) is 16.2. The van der Waals surface area contributed by atoms with E-state index in [-0.39, 0.29) is 10.8 Å². The maximum atomic E-state index is 6.59. The Morgan fingerprint density at radius 2 is 1.22 bits per heavy atom. The number of hydrogen-bond acceptors (Lipinski definition) is 3. The summed E-state index contributed by atoms with van der Waals surface area (Å²) < 4.78 is 6.59. The summed E-state index contributed by atoms with van der Waals surface area (Å²) in [5, 5.41) is 9.42. The molecule has 0 radical (unpaired) electrons. The average molecular weight is 503 g/mol. The minimum atomic E-state index is -0.0458. The van der Waals surface area contributed by atoms with Crippen molar-refractivity contribution < 1.29 is 4.42 Å². The molecule has 1 aliphatic rings. The Morgan fingerprint density at radius 3 is 1.69 bits per heavy atom. The zero-order chi connectivity index (χ0) is 26.3. The first-order chi connectivity index (χ1) is 17.4. The first-order valence-corrected chi connectivity index (χ1v) is 16.2. The number of unbranched alkanes of at least 4 members (excludes halogenated alkanes) is 4. The van der Waals surface area contributed by atoms with Gasteiger partial charge >= 0.3 is 0 Å². The van der Waals surface area contributed by atoms with E-state index in [1.54, 1.807) is 0 Å². The fraction of sp³-hybridized carbons (Fsp3) is 0.939. The van der Waals surface area contributed by atoms with Crippen LogP contribution in [0.2, 0.25) is 0 Å². The van der Waals surface area contributed by atoms with E-state index in [1.165, 1.54) is 122 Å². The van der Waals surface area contributed by atoms with Crippen molar-refractivity contribution in [3.8, 4) is 0 Å². The highest BCUT2D eigenvalue weighted by Crippen LogP contribution is 2.46. The van der Waals surface area contributed by atoms with Crippen molar-refractivity contribution >= 4 is 0 Å². The Kier molecular flexibility index (Phi) is 14.7. The highest BCUT2D eigenvalue weighted by atomic mass is 16.4. The second-order valence-corrected chi connectivity index (χ2v) is 13.2. The number of nitrogens with zero attached hydrogens (tertiary/aromatic N) is 2. The molecule has 210 valence electrons. The van der Waals surface area contributed by atoms with Gasteiger partial charge in [0.05, 0.1) is 0 Å². The predicted molar refractivity (Wildman–Crippen MR) is 156 cm³/mol. The van der Waals surface area contributed by atoms with Gasteiger partial charge in [0.1, 0.15) is 0 Å². The van der Waals surface area contributed by atoms with Crippen LogP contribution in [0.25, 0.3) is 0 Å². The molecule has 0 aliphatic heterocycles. The van der Waals surface area contributed by atoms with Crippen LogP contribution >= 0.6 is 0 Å². The van der Waals surface area contributed by atoms with Crippen molar-refractivity contribution in [2.45, 2.75) is 188 Å². The Labute approximate surface area is 225 Å². The molecule has 0 spiro atoms. The Morgan fingerprint density at radius 1 is 0.722 bits per heavy atom. The lowest BCUT2D eigenvalue weighted by Crippen LogP contribution is -2.34. The largest absolute Gasteiger partial charge is 0.424 e. The summed E-state index contributed by atoms with van der Waals surface area (Å²) in [5.41, 5.74) is 0.237. The molecule has 1 unspecified atom stereocenters. The van der Waals surface area contributed by atoms with Crippen molar-refractivity contribution in [2.75, 3.05) is 0 Å². The lowest BCUT2D eigenvalue weighted by Gasteiger charge is -2.41. The molecule has 1 atom stereocenters. The molecule has 1 heterocycles. The minimum Gasteiger partial charge on any atom is -0.424 e. The lowest BCUT2D eigenvalue weighted by molar-refractivity contribution is 0.111. The van der Waals surface area contributed by atoms with E-state index in [4.69, 9.17) is 9.52 Å². The monoisotopic (exact) mass is 502 g/mol. The number of rotatable bonds is 14. The maximum absolute atomic E-state index is 6.59. The number of aromatic nitrogens is 2. The fourth-order valence-corrected chi connectivity index (χ4v) is 6.76. The van der Waals surface area contributed by atoms with Crippen LogP contribution in [-0.2, 0) is 5.41 Å². The van der Waals surface area contributed by atoms with Crippen LogP contribution in [0.5, 0.6) is 0 Å². The summed E-state index contributed by atoms with van der Waals surface area (Å²) >= 11 is 0. The molecule has 1 fully saturated rings. The van der Waals surface area contributed by atoms with E-state index in [0.717, 1.165) is 30.5 Å². The van der Waals surface area contributed by atoms with Gasteiger partial charge in [0.25, 0.3) is 0 Å². The standard InChI is InChI=1S/C33H62N2O/c1-7-10-19-23-28(24-20-11-8-2)30-34-35-31(36-30)33(6,9-3)27-32(4,5)29-25-21-17-15-13-12-14-16-18-22-26-29/h28-29H,7-27H2,1-6H3. The normalized spacial score (nSPS) is 19.1. The molecule has 3 heteroatoms. The van der Waals surface area contributed by atoms with Crippen LogP contribution < -0.4 is 0 Å². The van der Waals surface area contributed by atoms with Crippen LogP contribution in [-0.4, -0.2) is 10.2 Å². The van der Waals surface area contributed by atoms with Gasteiger partial charge in [-0.15, -0.1) is 10.2 Å². The molecule has 0 bridgehead atoms. The molecule has 1 aliphatic carbocycles. The van der Waals surface area contributed by atoms with Gasteiger partial charge in [-0.25, -0.2) is 0 Å². The maximum Gasteiger partial charge on any atom is 0.222 e. The fourth-order valence-electron chi connectivity index (χ4n) is 6.76. The summed E-state index contributed by atoms with van der Waals surface area (Å²) in [6.45, 7) is 14.4. The van der Waals surface area contributed by atoms with Gasteiger partial charge in [0.2, 0.25) is 11.8 Å². The third-order valence-electron chi connectivity index (χ3n) is 9.45. The lowest BCUT2D eigenvalue weighted by atomic mass is 9.64. The molecule has 1 saturated carbocycles. The molecule has 0 aromatic carbocycles. The van der Waals surface area contributed by atoms with E-state index >= 15 is 0 Å². The SMILES string of the molecule is CCCCCC(CCCCC)c1nnc(C(C)(CC)CC(C)(C)C2CCCCCCCCCCC2)o1. The van der Waals surface area contributed by atoms with E-state index in [0.29, 0.717) is 5.92 Å². The molecular formula is C33H62N2O. The van der Waals surface area contributed by atoms with E-state index < -0.39 is 0 Å². The van der Waals surface area contributed by atoms with Crippen LogP contribution in [0.3, 0.4) is 0 Å². The molecular weight excluding hydrogens is 440 g/mol. The topological polar surface area (TPSA) is 38.9 Å². The Bertz CT molecular complexity index is 659. The predicted octanol–water partition coefficient (Wildman–Crippen LogP) is 11.3. The van der Waals surface area contributed by atoms with Crippen molar-refractivity contribution in [3.05, 3.63) is 11.8 Å². The van der Waals surface area contributed by atoms with Crippen molar-refractivity contribution in [2.24, 2.45) is 11.3 Å². The molecule has 36 heavy (non-hydrogen) atoms. The van der Waals surface area contributed by atoms with Gasteiger partial charge in [-0.05, 0) is 49.9 Å². The third-order valence-corrected chi connectivity index (χ3v) is 9.45. The molecule has 1 aromatic rings. The van der Waals surface area contributed by atoms with Crippen LogP contribution in [0.4, 0.5) is 0 Å². The van der Waals surface area contributed by atoms with Gasteiger partial charge in [0.15, 0.2) is 0 Å². The van der Waals surface area contributed by atoms with Crippen molar-refractivity contribution in [1.29, 1.82) is 0 Å². The highest BCUT2D eigenvalue weighted by Gasteiger charge is 2.40. The Balaban J connectivity index is 2.13. The van der Waals surface area contributed by atoms with Crippen LogP contribution in [0.1, 0.15) is 194 Å². The minimum absolute atomic E-state index is 0.0458. The van der Waals surface area contributed by atoms with Gasteiger partial charge < -0.3 is 4.42 Å². The summed E-state index contributed by atoms with van der Waals surface area (Å²) in [6, 6.07) is 0. The molecule has 0 amide bonds. The molecule has 0 saturated heterocycles. The zero-order valence-electron chi connectivity index (χ0n) is 25.3. The second-order valence-electron chi connectivity index (χ2n) is 13.2. The zero-order valence-corrected chi connectivity index (χ0v) is 25.3. The van der Waals surface area contributed by atoms with E-state index in [2.05, 4.69) is 46.6 Å². The average Bonchev–Trinajstić information content (AvgIpc) is 3.34. The smallest absolute Gasteiger partial charge is 0.222 e. The number of hydrogen-bond donors (Lipinski definition) is 0. The van der Waals surface area contributed by atoms with Gasteiger partial charge in [-0.1, -0.05) is 138 Å². The highest BCUT2D eigenvalue weighted by molar-refractivity contribution is 5.06.